The van der Waals surface area contributed by atoms with E-state index in [2.05, 4.69) is 4.98 Å². The monoisotopic (exact) mass is 280 g/mol. The highest BCUT2D eigenvalue weighted by Crippen LogP contribution is 2.45. The molecule has 0 bridgehead atoms. The van der Waals surface area contributed by atoms with Crippen LogP contribution >= 0.6 is 23.1 Å². The van der Waals surface area contributed by atoms with Crippen LogP contribution in [0.5, 0.6) is 0 Å². The van der Waals surface area contributed by atoms with E-state index < -0.39 is 5.97 Å². The van der Waals surface area contributed by atoms with Crippen molar-refractivity contribution >= 4 is 41.1 Å². The first-order chi connectivity index (χ1) is 8.58. The van der Waals surface area contributed by atoms with Gasteiger partial charge in [-0.25, -0.2) is 9.78 Å². The van der Waals surface area contributed by atoms with Crippen LogP contribution in [0.25, 0.3) is 6.08 Å². The average Bonchev–Trinajstić information content (AvgIpc) is 2.89. The second-order valence-electron chi connectivity index (χ2n) is 3.86. The molecule has 1 N–H and O–H groups in total. The smallest absolute Gasteiger partial charge is 0.353 e. The minimum atomic E-state index is -1.07. The average molecular weight is 280 g/mol. The molecular formula is C11H8N2O3S2. The summed E-state index contributed by atoms with van der Waals surface area (Å²) in [5.74, 6) is -1.31. The van der Waals surface area contributed by atoms with Gasteiger partial charge in [0.2, 0.25) is 0 Å². The zero-order valence-electron chi connectivity index (χ0n) is 9.28. The van der Waals surface area contributed by atoms with Crippen molar-refractivity contribution in [2.24, 2.45) is 0 Å². The molecule has 3 rings (SSSR count). The van der Waals surface area contributed by atoms with Gasteiger partial charge in [-0.3, -0.25) is 9.69 Å². The molecule has 1 saturated heterocycles. The van der Waals surface area contributed by atoms with Gasteiger partial charge >= 0.3 is 5.97 Å². The van der Waals surface area contributed by atoms with Gasteiger partial charge in [0.1, 0.15) is 11.1 Å². The summed E-state index contributed by atoms with van der Waals surface area (Å²) in [7, 11) is 0. The van der Waals surface area contributed by atoms with Gasteiger partial charge in [-0.15, -0.1) is 23.1 Å². The Morgan fingerprint density at radius 1 is 1.61 bits per heavy atom. The van der Waals surface area contributed by atoms with E-state index in [0.29, 0.717) is 5.57 Å². The molecule has 2 aliphatic heterocycles. The number of carbonyl (C=O) groups excluding carboxylic acids is 1. The molecule has 1 fully saturated rings. The second-order valence-corrected chi connectivity index (χ2v) is 5.88. The number of thiazole rings is 1. The van der Waals surface area contributed by atoms with Crippen molar-refractivity contribution in [3.8, 4) is 0 Å². The Balaban J connectivity index is 1.86. The fourth-order valence-corrected chi connectivity index (χ4v) is 3.56. The fraction of sp³-hybridized carbons (Fsp3) is 0.182. The minimum Gasteiger partial charge on any atom is -0.477 e. The maximum absolute atomic E-state index is 11.9. The number of aryl methyl sites for hydroxylation is 1. The van der Waals surface area contributed by atoms with Gasteiger partial charge < -0.3 is 5.11 Å². The lowest BCUT2D eigenvalue weighted by Gasteiger charge is -2.36. The predicted octanol–water partition coefficient (Wildman–Crippen LogP) is 1.68. The lowest BCUT2D eigenvalue weighted by Crippen LogP contribution is -2.51. The van der Waals surface area contributed by atoms with E-state index in [1.165, 1.54) is 33.4 Å². The summed E-state index contributed by atoms with van der Waals surface area (Å²) in [5.41, 5.74) is 1.42. The third-order valence-electron chi connectivity index (χ3n) is 2.69. The Morgan fingerprint density at radius 2 is 2.39 bits per heavy atom. The number of carboxylic acid groups (broad SMARTS) is 1. The summed E-state index contributed by atoms with van der Waals surface area (Å²) in [6.45, 7) is 1.90. The van der Waals surface area contributed by atoms with Crippen molar-refractivity contribution in [1.82, 2.24) is 9.88 Å². The molecule has 92 valence electrons. The van der Waals surface area contributed by atoms with Gasteiger partial charge in [0.05, 0.1) is 16.3 Å². The molecule has 0 aromatic carbocycles. The quantitative estimate of drug-likeness (QED) is 0.659. The van der Waals surface area contributed by atoms with Crippen LogP contribution in [0.3, 0.4) is 0 Å². The van der Waals surface area contributed by atoms with Crippen molar-refractivity contribution < 1.29 is 14.7 Å². The maximum Gasteiger partial charge on any atom is 0.353 e. The number of fused-ring (bicyclic) bond motifs is 1. The number of aliphatic carboxylic acids is 1. The molecule has 0 saturated carbocycles. The standard InChI is InChI=1S/C11H8N2O3S2/c1-5-12-6(3-17-5)2-7-9(14)13-8(11(15)16)4-18-10(7)13/h2-4,10H,1H3,(H,15,16)/t10-/m1/s1. The zero-order chi connectivity index (χ0) is 12.9. The largest absolute Gasteiger partial charge is 0.477 e. The van der Waals surface area contributed by atoms with Crippen LogP contribution in [0, 0.1) is 6.92 Å². The summed E-state index contributed by atoms with van der Waals surface area (Å²) in [6, 6.07) is 0. The van der Waals surface area contributed by atoms with E-state index in [0.717, 1.165) is 10.7 Å². The van der Waals surface area contributed by atoms with Crippen molar-refractivity contribution in [1.29, 1.82) is 0 Å². The first-order valence-electron chi connectivity index (χ1n) is 5.14. The van der Waals surface area contributed by atoms with Gasteiger partial charge in [0.25, 0.3) is 5.91 Å². The van der Waals surface area contributed by atoms with Gasteiger partial charge in [0.15, 0.2) is 0 Å². The number of thioether (sulfide) groups is 1. The Morgan fingerprint density at radius 3 is 3.00 bits per heavy atom. The molecular weight excluding hydrogens is 272 g/mol. The van der Waals surface area contributed by atoms with E-state index in [1.807, 2.05) is 12.3 Å². The van der Waals surface area contributed by atoms with Crippen molar-refractivity contribution in [3.63, 3.8) is 0 Å². The summed E-state index contributed by atoms with van der Waals surface area (Å²) in [5, 5.41) is 13.1. The van der Waals surface area contributed by atoms with Crippen LogP contribution in [0.1, 0.15) is 10.7 Å². The van der Waals surface area contributed by atoms with Crippen LogP contribution < -0.4 is 0 Å². The van der Waals surface area contributed by atoms with E-state index in [9.17, 15) is 9.59 Å². The Bertz CT molecular complexity index is 618. The lowest BCUT2D eigenvalue weighted by molar-refractivity contribution is -0.141. The highest BCUT2D eigenvalue weighted by Gasteiger charge is 2.49. The summed E-state index contributed by atoms with van der Waals surface area (Å²) in [4.78, 5) is 28.4. The number of aromatic nitrogens is 1. The normalized spacial score (nSPS) is 23.9. The molecule has 1 aromatic heterocycles. The molecule has 7 heteroatoms. The molecule has 0 aliphatic carbocycles. The highest BCUT2D eigenvalue weighted by atomic mass is 32.2. The molecule has 0 radical (unpaired) electrons. The number of rotatable bonds is 2. The van der Waals surface area contributed by atoms with E-state index in [1.54, 1.807) is 6.08 Å². The molecule has 1 atom stereocenters. The first kappa shape index (κ1) is 11.5. The fourth-order valence-electron chi connectivity index (χ4n) is 1.87. The van der Waals surface area contributed by atoms with Crippen LogP contribution in [0.15, 0.2) is 22.1 Å². The van der Waals surface area contributed by atoms with Crippen molar-refractivity contribution in [2.75, 3.05) is 0 Å². The third kappa shape index (κ3) is 1.58. The van der Waals surface area contributed by atoms with Crippen molar-refractivity contribution in [3.05, 3.63) is 32.8 Å². The van der Waals surface area contributed by atoms with Crippen LogP contribution in [0.2, 0.25) is 0 Å². The van der Waals surface area contributed by atoms with Crippen molar-refractivity contribution in [2.45, 2.75) is 12.3 Å². The molecule has 0 unspecified atom stereocenters. The van der Waals surface area contributed by atoms with Gasteiger partial charge in [-0.05, 0) is 13.0 Å². The highest BCUT2D eigenvalue weighted by molar-refractivity contribution is 8.03. The predicted molar refractivity (Wildman–Crippen MR) is 68.8 cm³/mol. The molecule has 18 heavy (non-hydrogen) atoms. The molecule has 0 spiro atoms. The maximum atomic E-state index is 11.9. The number of β-lactam (4-membered cyclic amide) rings is 1. The zero-order valence-corrected chi connectivity index (χ0v) is 10.9. The summed E-state index contributed by atoms with van der Waals surface area (Å²) < 4.78 is 0. The third-order valence-corrected chi connectivity index (χ3v) is 4.57. The van der Waals surface area contributed by atoms with Gasteiger partial charge in [0, 0.05) is 10.8 Å². The van der Waals surface area contributed by atoms with E-state index in [4.69, 9.17) is 5.11 Å². The lowest BCUT2D eigenvalue weighted by atomic mass is 10.0. The van der Waals surface area contributed by atoms with Gasteiger partial charge in [-0.1, -0.05) is 0 Å². The SMILES string of the molecule is Cc1nc(C=C2C(=O)N3C(C(=O)O)=CS[C@H]23)cs1. The molecule has 1 aromatic rings. The number of amides is 1. The number of nitrogens with zero attached hydrogens (tertiary/aromatic N) is 2. The second kappa shape index (κ2) is 3.96. The van der Waals surface area contributed by atoms with E-state index >= 15 is 0 Å². The first-order valence-corrected chi connectivity index (χ1v) is 6.96. The Hall–Kier alpha value is -1.60. The molecule has 3 heterocycles. The summed E-state index contributed by atoms with van der Waals surface area (Å²) in [6.07, 6.45) is 1.73. The molecule has 1 amide bonds. The number of carboxylic acids is 1. The van der Waals surface area contributed by atoms with E-state index in [-0.39, 0.29) is 17.0 Å². The van der Waals surface area contributed by atoms with Gasteiger partial charge in [-0.2, -0.15) is 0 Å². The number of hydrogen-bond donors (Lipinski definition) is 1. The Labute approximate surface area is 111 Å². The number of carbonyl (C=O) groups is 2. The van der Waals surface area contributed by atoms with Crippen LogP contribution in [0.4, 0.5) is 0 Å². The molecule has 2 aliphatic rings. The summed E-state index contributed by atoms with van der Waals surface area (Å²) >= 11 is 2.85. The minimum absolute atomic E-state index is 0.0570. The number of hydrogen-bond acceptors (Lipinski definition) is 5. The van der Waals surface area contributed by atoms with Crippen LogP contribution in [-0.4, -0.2) is 32.2 Å². The van der Waals surface area contributed by atoms with Crippen LogP contribution in [-0.2, 0) is 9.59 Å². The molecule has 5 nitrogen and oxygen atoms in total. The topological polar surface area (TPSA) is 70.5 Å². The Kier molecular flexibility index (Phi) is 2.53.